The summed E-state index contributed by atoms with van der Waals surface area (Å²) in [6, 6.07) is 0. The molecular weight excluding hydrogens is 803 g/mol. The van der Waals surface area contributed by atoms with Crippen LogP contribution in [0.4, 0.5) is 0 Å². The number of aliphatic hydroxyl groups excluding tert-OH is 5. The summed E-state index contributed by atoms with van der Waals surface area (Å²) in [6.07, 6.45) is 32.6. The molecule has 0 aromatic heterocycles. The zero-order valence-corrected chi connectivity index (χ0v) is 37.8. The lowest BCUT2D eigenvalue weighted by atomic mass is 9.85. The highest BCUT2D eigenvalue weighted by atomic mass is 31.2. The van der Waals surface area contributed by atoms with Crippen molar-refractivity contribution < 1.29 is 63.1 Å². The van der Waals surface area contributed by atoms with Crippen molar-refractivity contribution in [2.24, 2.45) is 0 Å². The van der Waals surface area contributed by atoms with Crippen molar-refractivity contribution >= 4 is 19.8 Å². The Morgan fingerprint density at radius 1 is 0.508 bits per heavy atom. The highest BCUT2D eigenvalue weighted by molar-refractivity contribution is 7.47. The van der Waals surface area contributed by atoms with Crippen LogP contribution < -0.4 is 0 Å². The van der Waals surface area contributed by atoms with Crippen LogP contribution in [0.5, 0.6) is 0 Å². The zero-order chi connectivity index (χ0) is 45.0. The number of ether oxygens (including phenoxy) is 2. The Labute approximate surface area is 365 Å². The fraction of sp³-hybridized carbons (Fsp3) is 0.702. The summed E-state index contributed by atoms with van der Waals surface area (Å²) >= 11 is 0. The molecule has 8 atom stereocenters. The predicted octanol–water partition coefficient (Wildman–Crippen LogP) is 8.72. The van der Waals surface area contributed by atoms with Crippen LogP contribution in [0.2, 0.25) is 0 Å². The molecule has 1 rings (SSSR count). The molecule has 0 saturated heterocycles. The number of aliphatic hydroxyl groups is 5. The molecule has 0 aromatic carbocycles. The minimum atomic E-state index is -5.14. The van der Waals surface area contributed by atoms with E-state index in [1.165, 1.54) is 44.9 Å². The van der Waals surface area contributed by atoms with Gasteiger partial charge in [-0.05, 0) is 77.0 Å². The highest BCUT2D eigenvalue weighted by Gasteiger charge is 2.51. The van der Waals surface area contributed by atoms with Gasteiger partial charge < -0.3 is 39.9 Å². The van der Waals surface area contributed by atoms with Gasteiger partial charge in [-0.2, -0.15) is 0 Å². The van der Waals surface area contributed by atoms with Gasteiger partial charge in [0, 0.05) is 12.8 Å². The van der Waals surface area contributed by atoms with Gasteiger partial charge >= 0.3 is 19.8 Å². The molecule has 1 aliphatic carbocycles. The third kappa shape index (κ3) is 29.3. The lowest BCUT2D eigenvalue weighted by molar-refractivity contribution is -0.220. The van der Waals surface area contributed by atoms with E-state index in [9.17, 15) is 44.6 Å². The molecule has 0 amide bonds. The molecule has 61 heavy (non-hydrogen) atoms. The number of unbranched alkanes of at least 4 members (excludes halogenated alkanes) is 12. The third-order valence-electron chi connectivity index (χ3n) is 10.0. The molecule has 1 fully saturated rings. The van der Waals surface area contributed by atoms with Crippen LogP contribution in [-0.2, 0) is 32.7 Å². The molecule has 0 aliphatic heterocycles. The number of hydrogen-bond acceptors (Lipinski definition) is 12. The maximum absolute atomic E-state index is 12.8. The molecule has 14 heteroatoms. The second kappa shape index (κ2) is 36.7. The van der Waals surface area contributed by atoms with Crippen LogP contribution in [0.3, 0.4) is 0 Å². The zero-order valence-electron chi connectivity index (χ0n) is 36.9. The first-order chi connectivity index (χ1) is 29.4. The summed E-state index contributed by atoms with van der Waals surface area (Å²) in [6.45, 7) is 3.17. The molecule has 6 N–H and O–H groups in total. The van der Waals surface area contributed by atoms with Crippen LogP contribution in [0, 0.1) is 0 Å². The van der Waals surface area contributed by atoms with Gasteiger partial charge in [-0.3, -0.25) is 18.6 Å². The van der Waals surface area contributed by atoms with Gasteiger partial charge in [0.05, 0.1) is 6.61 Å². The van der Waals surface area contributed by atoms with Crippen LogP contribution in [-0.4, -0.2) is 98.3 Å². The molecular formula is C47H79O13P. The fourth-order valence-corrected chi connectivity index (χ4v) is 7.29. The maximum Gasteiger partial charge on any atom is 0.472 e. The van der Waals surface area contributed by atoms with Gasteiger partial charge in [0.1, 0.15) is 43.2 Å². The Morgan fingerprint density at radius 2 is 0.918 bits per heavy atom. The molecule has 350 valence electrons. The molecule has 0 heterocycles. The lowest BCUT2D eigenvalue weighted by Gasteiger charge is -2.41. The first-order valence-corrected chi connectivity index (χ1v) is 24.2. The van der Waals surface area contributed by atoms with E-state index in [4.69, 9.17) is 18.5 Å². The summed E-state index contributed by atoms with van der Waals surface area (Å²) in [7, 11) is -5.14. The number of carbonyl (C=O) groups excluding carboxylic acids is 2. The quantitative estimate of drug-likeness (QED) is 0.0151. The van der Waals surface area contributed by atoms with E-state index in [0.29, 0.717) is 19.3 Å². The Hall–Kier alpha value is -2.71. The first-order valence-electron chi connectivity index (χ1n) is 22.7. The number of rotatable bonds is 36. The molecule has 1 aliphatic rings. The average molecular weight is 883 g/mol. The minimum absolute atomic E-state index is 0.0316. The summed E-state index contributed by atoms with van der Waals surface area (Å²) < 4.78 is 33.4. The second-order valence-electron chi connectivity index (χ2n) is 15.5. The van der Waals surface area contributed by atoms with Crippen molar-refractivity contribution in [1.29, 1.82) is 0 Å². The standard InChI is InChI=1S/C47H79O13P/c1-3-5-7-9-11-13-15-17-18-19-20-21-22-24-26-28-30-32-34-36-41(49)59-39(38-58-61(55,56)60-47-45(53)43(51)42(50)44(52)46(47)54)37-57-40(48)35-33-31-29-27-25-23-16-14-12-10-8-6-4-2/h11,13-14,16-18,20-21,24,26,30,32,39,42-47,50-54H,3-10,12,15,19,22-23,25,27-29,31,33-38H2,1-2H3,(H,55,56)/b13-11+,16-14+,18-17+,21-20+,26-24+,32-30+/t39-,42?,43+,44?,45?,46?,47?/m1/s1. The third-order valence-corrected chi connectivity index (χ3v) is 11.0. The average Bonchev–Trinajstić information content (AvgIpc) is 3.24. The number of phosphoric acid groups is 1. The molecule has 0 bridgehead atoms. The molecule has 13 nitrogen and oxygen atoms in total. The lowest BCUT2D eigenvalue weighted by Crippen LogP contribution is -2.64. The molecule has 1 saturated carbocycles. The summed E-state index contributed by atoms with van der Waals surface area (Å²) in [5.41, 5.74) is 0. The normalized spacial score (nSPS) is 22.7. The van der Waals surface area contributed by atoms with E-state index in [1.54, 1.807) is 0 Å². The topological polar surface area (TPSA) is 210 Å². The van der Waals surface area contributed by atoms with Crippen LogP contribution in [0.1, 0.15) is 155 Å². The molecule has 0 spiro atoms. The highest BCUT2D eigenvalue weighted by Crippen LogP contribution is 2.47. The summed E-state index contributed by atoms with van der Waals surface area (Å²) in [4.78, 5) is 35.6. The van der Waals surface area contributed by atoms with Crippen molar-refractivity contribution in [3.63, 3.8) is 0 Å². The van der Waals surface area contributed by atoms with Crippen molar-refractivity contribution in [2.45, 2.75) is 198 Å². The van der Waals surface area contributed by atoms with Crippen molar-refractivity contribution in [2.75, 3.05) is 13.2 Å². The van der Waals surface area contributed by atoms with E-state index in [0.717, 1.165) is 64.2 Å². The van der Waals surface area contributed by atoms with E-state index in [1.807, 2.05) is 18.2 Å². The summed E-state index contributed by atoms with van der Waals surface area (Å²) in [5.74, 6) is -1.21. The van der Waals surface area contributed by atoms with Crippen molar-refractivity contribution in [1.82, 2.24) is 0 Å². The predicted molar refractivity (Wildman–Crippen MR) is 239 cm³/mol. The number of allylic oxidation sites excluding steroid dienone is 12. The van der Waals surface area contributed by atoms with E-state index >= 15 is 0 Å². The summed E-state index contributed by atoms with van der Waals surface area (Å²) in [5, 5.41) is 50.1. The Balaban J connectivity index is 2.54. The van der Waals surface area contributed by atoms with Gasteiger partial charge in [0.25, 0.3) is 0 Å². The van der Waals surface area contributed by atoms with E-state index < -0.39 is 75.7 Å². The number of hydrogen-bond donors (Lipinski definition) is 6. The largest absolute Gasteiger partial charge is 0.472 e. The van der Waals surface area contributed by atoms with E-state index in [-0.39, 0.29) is 12.8 Å². The first kappa shape index (κ1) is 56.3. The van der Waals surface area contributed by atoms with Gasteiger partial charge in [-0.25, -0.2) is 4.57 Å². The van der Waals surface area contributed by atoms with Crippen molar-refractivity contribution in [3.05, 3.63) is 72.9 Å². The fourth-order valence-electron chi connectivity index (χ4n) is 6.32. The second-order valence-corrected chi connectivity index (χ2v) is 16.9. The van der Waals surface area contributed by atoms with Crippen LogP contribution >= 0.6 is 7.82 Å². The van der Waals surface area contributed by atoms with Crippen molar-refractivity contribution in [3.8, 4) is 0 Å². The van der Waals surface area contributed by atoms with Gasteiger partial charge in [0.2, 0.25) is 0 Å². The minimum Gasteiger partial charge on any atom is -0.462 e. The molecule has 0 radical (unpaired) electrons. The van der Waals surface area contributed by atoms with Crippen LogP contribution in [0.15, 0.2) is 72.9 Å². The van der Waals surface area contributed by atoms with Crippen LogP contribution in [0.25, 0.3) is 0 Å². The van der Waals surface area contributed by atoms with Gasteiger partial charge in [-0.1, -0.05) is 138 Å². The number of carbonyl (C=O) groups is 2. The Morgan fingerprint density at radius 3 is 1.46 bits per heavy atom. The Bertz CT molecular complexity index is 1340. The van der Waals surface area contributed by atoms with Gasteiger partial charge in [0.15, 0.2) is 6.10 Å². The van der Waals surface area contributed by atoms with E-state index in [2.05, 4.69) is 68.5 Å². The number of esters is 2. The number of phosphoric ester groups is 1. The monoisotopic (exact) mass is 883 g/mol. The Kier molecular flexibility index (Phi) is 33.9. The molecule has 6 unspecified atom stereocenters. The molecule has 0 aromatic rings. The maximum atomic E-state index is 12.8. The smallest absolute Gasteiger partial charge is 0.462 e. The SMILES string of the molecule is CCCCC/C=C/C/C=C/C/C=C/C/C=C/C/C=C/CCC(=O)O[C@H](COC(=O)CCCCCCC/C=C/CCCCCC)COP(=O)(O)OC1C(O)C(O)C(O)[C@H](O)C1O. The van der Waals surface area contributed by atoms with Gasteiger partial charge in [-0.15, -0.1) is 0 Å².